The molecule has 3 nitrogen and oxygen atoms in total. The highest BCUT2D eigenvalue weighted by Gasteiger charge is 2.07. The second kappa shape index (κ2) is 5.61. The van der Waals surface area contributed by atoms with Crippen LogP contribution in [0.5, 0.6) is 0 Å². The Balaban J connectivity index is 2.56. The van der Waals surface area contributed by atoms with Gasteiger partial charge in [0.05, 0.1) is 0 Å². The van der Waals surface area contributed by atoms with E-state index in [1.165, 1.54) is 6.07 Å². The molecule has 0 aliphatic carbocycles. The van der Waals surface area contributed by atoms with Crippen molar-refractivity contribution in [3.8, 4) is 0 Å². The molecule has 0 saturated carbocycles. The van der Waals surface area contributed by atoms with Gasteiger partial charge in [-0.15, -0.1) is 0 Å². The van der Waals surface area contributed by atoms with Crippen LogP contribution in [-0.2, 0) is 0 Å². The summed E-state index contributed by atoms with van der Waals surface area (Å²) in [7, 11) is 0. The predicted molar refractivity (Wildman–Crippen MR) is 61.7 cm³/mol. The molecule has 1 rings (SSSR count). The molecule has 0 aliphatic heterocycles. The van der Waals surface area contributed by atoms with Gasteiger partial charge in [-0.1, -0.05) is 6.07 Å². The summed E-state index contributed by atoms with van der Waals surface area (Å²) in [5.41, 5.74) is 6.42. The third-order valence-corrected chi connectivity index (χ3v) is 2.32. The SMILES string of the molecule is Cc1ccc(C(=O)NCCC(C)N)cc1F. The lowest BCUT2D eigenvalue weighted by Crippen LogP contribution is -2.29. The summed E-state index contributed by atoms with van der Waals surface area (Å²) in [6.45, 7) is 4.04. The molecule has 3 N–H and O–H groups in total. The molecule has 1 amide bonds. The highest BCUT2D eigenvalue weighted by molar-refractivity contribution is 5.94. The average molecular weight is 224 g/mol. The Labute approximate surface area is 94.8 Å². The fourth-order valence-electron chi connectivity index (χ4n) is 1.25. The lowest BCUT2D eigenvalue weighted by molar-refractivity contribution is 0.0952. The summed E-state index contributed by atoms with van der Waals surface area (Å²) in [5, 5.41) is 2.69. The second-order valence-electron chi connectivity index (χ2n) is 3.99. The van der Waals surface area contributed by atoms with E-state index in [-0.39, 0.29) is 17.8 Å². The topological polar surface area (TPSA) is 55.1 Å². The Morgan fingerprint density at radius 2 is 2.25 bits per heavy atom. The van der Waals surface area contributed by atoms with E-state index in [4.69, 9.17) is 5.73 Å². The molecule has 0 fully saturated rings. The number of nitrogens with two attached hydrogens (primary N) is 1. The summed E-state index contributed by atoms with van der Waals surface area (Å²) in [6, 6.07) is 4.50. The van der Waals surface area contributed by atoms with Gasteiger partial charge in [0, 0.05) is 18.2 Å². The Morgan fingerprint density at radius 3 is 2.81 bits per heavy atom. The average Bonchev–Trinajstić information content (AvgIpc) is 2.21. The van der Waals surface area contributed by atoms with E-state index < -0.39 is 0 Å². The van der Waals surface area contributed by atoms with Crippen LogP contribution in [-0.4, -0.2) is 18.5 Å². The normalized spacial score (nSPS) is 12.2. The second-order valence-corrected chi connectivity index (χ2v) is 3.99. The minimum absolute atomic E-state index is 0.0510. The molecule has 0 aliphatic rings. The van der Waals surface area contributed by atoms with Gasteiger partial charge >= 0.3 is 0 Å². The Morgan fingerprint density at radius 1 is 1.56 bits per heavy atom. The molecule has 0 aromatic heterocycles. The first-order chi connectivity index (χ1) is 7.50. The molecular weight excluding hydrogens is 207 g/mol. The van der Waals surface area contributed by atoms with Gasteiger partial charge in [-0.25, -0.2) is 4.39 Å². The summed E-state index contributed by atoms with van der Waals surface area (Å²) < 4.78 is 13.2. The van der Waals surface area contributed by atoms with Crippen molar-refractivity contribution in [1.82, 2.24) is 5.32 Å². The number of hydrogen-bond donors (Lipinski definition) is 2. The first kappa shape index (κ1) is 12.6. The van der Waals surface area contributed by atoms with E-state index in [1.807, 2.05) is 6.92 Å². The molecule has 1 atom stereocenters. The number of carbonyl (C=O) groups is 1. The summed E-state index contributed by atoms with van der Waals surface area (Å²) in [4.78, 5) is 11.6. The molecule has 1 unspecified atom stereocenters. The van der Waals surface area contributed by atoms with Crippen molar-refractivity contribution in [3.05, 3.63) is 35.1 Å². The molecule has 0 radical (unpaired) electrons. The van der Waals surface area contributed by atoms with Crippen LogP contribution in [0, 0.1) is 12.7 Å². The van der Waals surface area contributed by atoms with E-state index in [2.05, 4.69) is 5.32 Å². The number of aryl methyl sites for hydroxylation is 1. The van der Waals surface area contributed by atoms with Gasteiger partial charge in [-0.3, -0.25) is 4.79 Å². The van der Waals surface area contributed by atoms with Crippen molar-refractivity contribution in [2.45, 2.75) is 26.3 Å². The van der Waals surface area contributed by atoms with Gasteiger partial charge in [0.25, 0.3) is 5.91 Å². The number of carbonyl (C=O) groups excluding carboxylic acids is 1. The smallest absolute Gasteiger partial charge is 0.251 e. The zero-order valence-electron chi connectivity index (χ0n) is 9.59. The van der Waals surface area contributed by atoms with Gasteiger partial charge in [0.2, 0.25) is 0 Å². The van der Waals surface area contributed by atoms with Crippen molar-refractivity contribution in [2.75, 3.05) is 6.54 Å². The summed E-state index contributed by atoms with van der Waals surface area (Å²) in [6.07, 6.45) is 0.708. The van der Waals surface area contributed by atoms with E-state index in [9.17, 15) is 9.18 Å². The van der Waals surface area contributed by atoms with Gasteiger partial charge in [-0.05, 0) is 38.0 Å². The molecule has 0 heterocycles. The summed E-state index contributed by atoms with van der Waals surface area (Å²) >= 11 is 0. The standard InChI is InChI=1S/C12H17FN2O/c1-8-3-4-10(7-11(8)13)12(16)15-6-5-9(2)14/h3-4,7,9H,5-6,14H2,1-2H3,(H,15,16). The molecule has 16 heavy (non-hydrogen) atoms. The van der Waals surface area contributed by atoms with E-state index in [0.717, 1.165) is 0 Å². The minimum Gasteiger partial charge on any atom is -0.352 e. The van der Waals surface area contributed by atoms with Gasteiger partial charge < -0.3 is 11.1 Å². The molecule has 0 spiro atoms. The lowest BCUT2D eigenvalue weighted by Gasteiger charge is -2.07. The number of halogens is 1. The number of benzene rings is 1. The third-order valence-electron chi connectivity index (χ3n) is 2.32. The van der Waals surface area contributed by atoms with Crippen LogP contribution in [0.15, 0.2) is 18.2 Å². The van der Waals surface area contributed by atoms with Crippen LogP contribution < -0.4 is 11.1 Å². The maximum atomic E-state index is 13.2. The Bertz CT molecular complexity index is 377. The van der Waals surface area contributed by atoms with Crippen molar-refractivity contribution >= 4 is 5.91 Å². The fourth-order valence-corrected chi connectivity index (χ4v) is 1.25. The number of rotatable bonds is 4. The largest absolute Gasteiger partial charge is 0.352 e. The highest BCUT2D eigenvalue weighted by atomic mass is 19.1. The zero-order valence-corrected chi connectivity index (χ0v) is 9.59. The molecule has 1 aromatic carbocycles. The van der Waals surface area contributed by atoms with E-state index >= 15 is 0 Å². The van der Waals surface area contributed by atoms with Crippen LogP contribution in [0.1, 0.15) is 29.3 Å². The first-order valence-electron chi connectivity index (χ1n) is 5.30. The van der Waals surface area contributed by atoms with Crippen molar-refractivity contribution in [2.24, 2.45) is 5.73 Å². The zero-order chi connectivity index (χ0) is 12.1. The maximum absolute atomic E-state index is 13.2. The Kier molecular flexibility index (Phi) is 4.43. The molecule has 88 valence electrons. The van der Waals surface area contributed by atoms with Crippen LogP contribution >= 0.6 is 0 Å². The van der Waals surface area contributed by atoms with Crippen LogP contribution in [0.4, 0.5) is 4.39 Å². The number of nitrogens with one attached hydrogen (secondary N) is 1. The molecular formula is C12H17FN2O. The number of hydrogen-bond acceptors (Lipinski definition) is 2. The van der Waals surface area contributed by atoms with Crippen molar-refractivity contribution in [1.29, 1.82) is 0 Å². The van der Waals surface area contributed by atoms with E-state index in [1.54, 1.807) is 19.1 Å². The Hall–Kier alpha value is -1.42. The number of amides is 1. The van der Waals surface area contributed by atoms with Crippen LogP contribution in [0.25, 0.3) is 0 Å². The van der Waals surface area contributed by atoms with Crippen LogP contribution in [0.3, 0.4) is 0 Å². The lowest BCUT2D eigenvalue weighted by atomic mass is 10.1. The molecule has 1 aromatic rings. The van der Waals surface area contributed by atoms with E-state index in [0.29, 0.717) is 24.1 Å². The molecule has 0 saturated heterocycles. The monoisotopic (exact) mass is 224 g/mol. The quantitative estimate of drug-likeness (QED) is 0.816. The van der Waals surface area contributed by atoms with Crippen LogP contribution in [0.2, 0.25) is 0 Å². The third kappa shape index (κ3) is 3.62. The van der Waals surface area contributed by atoms with Gasteiger partial charge in [0.15, 0.2) is 0 Å². The summed E-state index contributed by atoms with van der Waals surface area (Å²) in [5.74, 6) is -0.626. The van der Waals surface area contributed by atoms with Gasteiger partial charge in [-0.2, -0.15) is 0 Å². The highest BCUT2D eigenvalue weighted by Crippen LogP contribution is 2.08. The maximum Gasteiger partial charge on any atom is 0.251 e. The predicted octanol–water partition coefficient (Wildman–Crippen LogP) is 1.60. The minimum atomic E-state index is -0.361. The molecule has 0 bridgehead atoms. The van der Waals surface area contributed by atoms with Crippen molar-refractivity contribution < 1.29 is 9.18 Å². The first-order valence-corrected chi connectivity index (χ1v) is 5.30. The van der Waals surface area contributed by atoms with Crippen molar-refractivity contribution in [3.63, 3.8) is 0 Å². The van der Waals surface area contributed by atoms with Gasteiger partial charge in [0.1, 0.15) is 5.82 Å². The fraction of sp³-hybridized carbons (Fsp3) is 0.417. The molecule has 4 heteroatoms.